The van der Waals surface area contributed by atoms with E-state index in [9.17, 15) is 0 Å². The van der Waals surface area contributed by atoms with E-state index in [-0.39, 0.29) is 0 Å². The Bertz CT molecular complexity index is 516. The predicted molar refractivity (Wildman–Crippen MR) is 71.1 cm³/mol. The third-order valence-corrected chi connectivity index (χ3v) is 2.79. The maximum Gasteiger partial charge on any atom is 0.215 e. The third kappa shape index (κ3) is 2.02. The summed E-state index contributed by atoms with van der Waals surface area (Å²) in [5, 5.41) is 9.06. The van der Waals surface area contributed by atoms with Gasteiger partial charge in [0.1, 0.15) is 6.07 Å². The number of rotatable bonds is 3. The summed E-state index contributed by atoms with van der Waals surface area (Å²) in [5.74, 6) is 1.68. The molecular formula is C13H12N2OS. The third-order valence-electron chi connectivity index (χ3n) is 2.47. The second-order valence-corrected chi connectivity index (χ2v) is 3.84. The fraction of sp³-hybridized carbons (Fsp3) is 0.154. The van der Waals surface area contributed by atoms with E-state index in [1.807, 2.05) is 29.2 Å². The fourth-order valence-electron chi connectivity index (χ4n) is 1.72. The zero-order valence-electron chi connectivity index (χ0n) is 9.26. The van der Waals surface area contributed by atoms with Crippen LogP contribution in [0.15, 0.2) is 48.4 Å². The second-order valence-electron chi connectivity index (χ2n) is 3.52. The number of para-hydroxylation sites is 2. The van der Waals surface area contributed by atoms with E-state index in [1.54, 1.807) is 6.08 Å². The Morgan fingerprint density at radius 2 is 2.29 bits per heavy atom. The van der Waals surface area contributed by atoms with E-state index >= 15 is 0 Å². The van der Waals surface area contributed by atoms with E-state index < -0.39 is 0 Å². The molecule has 0 aromatic heterocycles. The molecule has 0 N–H and O–H groups in total. The Labute approximate surface area is 106 Å². The molecule has 0 spiro atoms. The molecule has 0 fully saturated rings. The van der Waals surface area contributed by atoms with Gasteiger partial charge in [0, 0.05) is 12.3 Å². The van der Waals surface area contributed by atoms with Crippen molar-refractivity contribution in [2.45, 2.75) is 0 Å². The molecule has 2 rings (SSSR count). The molecule has 1 heterocycles. The zero-order chi connectivity index (χ0) is 12.3. The minimum Gasteiger partial charge on any atom is -0.438 e. The van der Waals surface area contributed by atoms with Crippen LogP contribution in [0.2, 0.25) is 0 Å². The molecule has 1 aliphatic rings. The molecule has 4 heteroatoms. The van der Waals surface area contributed by atoms with Crippen LogP contribution in [0.1, 0.15) is 0 Å². The smallest absolute Gasteiger partial charge is 0.215 e. The van der Waals surface area contributed by atoms with Gasteiger partial charge in [-0.1, -0.05) is 18.2 Å². The van der Waals surface area contributed by atoms with Crippen LogP contribution >= 0.6 is 12.6 Å². The van der Waals surface area contributed by atoms with Gasteiger partial charge in [-0.15, -0.1) is 6.58 Å². The first-order valence-corrected chi connectivity index (χ1v) is 5.84. The molecule has 0 saturated heterocycles. The van der Waals surface area contributed by atoms with Crippen molar-refractivity contribution in [3.63, 3.8) is 0 Å². The number of hydrogen-bond acceptors (Lipinski definition) is 4. The summed E-state index contributed by atoms with van der Waals surface area (Å²) in [6.45, 7) is 4.32. The second kappa shape index (κ2) is 4.98. The lowest BCUT2D eigenvalue weighted by Crippen LogP contribution is -2.22. The summed E-state index contributed by atoms with van der Waals surface area (Å²) < 4.78 is 5.70. The van der Waals surface area contributed by atoms with Gasteiger partial charge in [0.05, 0.1) is 11.3 Å². The molecule has 0 aliphatic carbocycles. The quantitative estimate of drug-likeness (QED) is 0.504. The molecule has 1 aliphatic heterocycles. The number of thiol groups is 1. The highest BCUT2D eigenvalue weighted by molar-refractivity contribution is 7.80. The highest BCUT2D eigenvalue weighted by Gasteiger charge is 2.27. The number of anilines is 1. The minimum atomic E-state index is 0.355. The lowest BCUT2D eigenvalue weighted by Gasteiger charge is -2.16. The molecule has 1 aromatic rings. The highest BCUT2D eigenvalue weighted by atomic mass is 32.1. The van der Waals surface area contributed by atoms with Crippen LogP contribution in [0.4, 0.5) is 5.69 Å². The van der Waals surface area contributed by atoms with Gasteiger partial charge in [0.25, 0.3) is 0 Å². The average molecular weight is 244 g/mol. The van der Waals surface area contributed by atoms with E-state index in [4.69, 9.17) is 10.00 Å². The van der Waals surface area contributed by atoms with Crippen LogP contribution in [-0.2, 0) is 0 Å². The molecule has 0 radical (unpaired) electrons. The lowest BCUT2D eigenvalue weighted by atomic mass is 10.2. The van der Waals surface area contributed by atoms with Crippen LogP contribution in [0.25, 0.3) is 0 Å². The fourth-order valence-corrected chi connectivity index (χ4v) is 1.93. The van der Waals surface area contributed by atoms with Crippen molar-refractivity contribution in [1.29, 1.82) is 5.26 Å². The number of nitriles is 1. The van der Waals surface area contributed by atoms with Crippen molar-refractivity contribution in [3.05, 3.63) is 48.4 Å². The largest absolute Gasteiger partial charge is 0.438 e. The van der Waals surface area contributed by atoms with Gasteiger partial charge in [-0.25, -0.2) is 0 Å². The molecule has 86 valence electrons. The monoisotopic (exact) mass is 244 g/mol. The van der Waals surface area contributed by atoms with Crippen LogP contribution in [0.3, 0.4) is 0 Å². The molecule has 1 aromatic carbocycles. The topological polar surface area (TPSA) is 36.3 Å². The van der Waals surface area contributed by atoms with Gasteiger partial charge in [-0.3, -0.25) is 0 Å². The van der Waals surface area contributed by atoms with Crippen molar-refractivity contribution in [3.8, 4) is 11.8 Å². The summed E-state index contributed by atoms with van der Waals surface area (Å²) >= 11 is 4.15. The van der Waals surface area contributed by atoms with Crippen LogP contribution in [0.5, 0.6) is 5.75 Å². The Balaban J connectivity index is 2.50. The Hall–Kier alpha value is -1.86. The summed E-state index contributed by atoms with van der Waals surface area (Å²) in [4.78, 5) is 1.93. The van der Waals surface area contributed by atoms with Crippen molar-refractivity contribution in [1.82, 2.24) is 0 Å². The molecule has 17 heavy (non-hydrogen) atoms. The summed E-state index contributed by atoms with van der Waals surface area (Å²) in [6, 6.07) is 9.80. The number of benzene rings is 1. The number of fused-ring (bicyclic) bond motifs is 1. The molecule has 3 nitrogen and oxygen atoms in total. The van der Waals surface area contributed by atoms with E-state index in [1.165, 1.54) is 0 Å². The van der Waals surface area contributed by atoms with E-state index in [0.717, 1.165) is 11.4 Å². The number of hydrogen-bond donors (Lipinski definition) is 1. The van der Waals surface area contributed by atoms with E-state index in [0.29, 0.717) is 23.8 Å². The highest BCUT2D eigenvalue weighted by Crippen LogP contribution is 2.39. The van der Waals surface area contributed by atoms with Crippen LogP contribution < -0.4 is 9.64 Å². The number of ether oxygens (including phenoxy) is 1. The zero-order valence-corrected chi connectivity index (χ0v) is 10.2. The normalized spacial score (nSPS) is 15.9. The van der Waals surface area contributed by atoms with Crippen molar-refractivity contribution in [2.24, 2.45) is 0 Å². The Morgan fingerprint density at radius 3 is 2.94 bits per heavy atom. The lowest BCUT2D eigenvalue weighted by molar-refractivity contribution is 0.437. The minimum absolute atomic E-state index is 0.355. The maximum atomic E-state index is 9.06. The Kier molecular flexibility index (Phi) is 3.40. The molecule has 0 saturated carbocycles. The molecule has 0 bridgehead atoms. The van der Waals surface area contributed by atoms with Gasteiger partial charge in [-0.2, -0.15) is 17.9 Å². The first-order valence-electron chi connectivity index (χ1n) is 5.21. The average Bonchev–Trinajstić information content (AvgIpc) is 2.71. The van der Waals surface area contributed by atoms with Crippen LogP contribution in [0, 0.1) is 11.3 Å². The predicted octanol–water partition coefficient (Wildman–Crippen LogP) is 2.74. The van der Waals surface area contributed by atoms with Gasteiger partial charge in [0.2, 0.25) is 5.88 Å². The molecule has 0 atom stereocenters. The first-order chi connectivity index (χ1) is 8.31. The van der Waals surface area contributed by atoms with Gasteiger partial charge < -0.3 is 9.64 Å². The summed E-state index contributed by atoms with van der Waals surface area (Å²) in [6.07, 6.45) is 1.78. The Morgan fingerprint density at radius 1 is 1.53 bits per heavy atom. The van der Waals surface area contributed by atoms with Gasteiger partial charge in [0.15, 0.2) is 5.75 Å². The maximum absolute atomic E-state index is 9.06. The SMILES string of the molecule is C=CCN1/C(=C(/C#N)CS)Oc2ccccc21. The number of nitrogens with zero attached hydrogens (tertiary/aromatic N) is 2. The molecular weight excluding hydrogens is 232 g/mol. The van der Waals surface area contributed by atoms with Gasteiger partial charge >= 0.3 is 0 Å². The first kappa shape index (κ1) is 11.6. The van der Waals surface area contributed by atoms with Crippen molar-refractivity contribution < 1.29 is 4.74 Å². The summed E-state index contributed by atoms with van der Waals surface area (Å²) in [7, 11) is 0. The van der Waals surface area contributed by atoms with Crippen molar-refractivity contribution in [2.75, 3.05) is 17.2 Å². The van der Waals surface area contributed by atoms with Crippen LogP contribution in [-0.4, -0.2) is 12.3 Å². The van der Waals surface area contributed by atoms with Gasteiger partial charge in [-0.05, 0) is 12.1 Å². The standard InChI is InChI=1S/C13H12N2OS/c1-2-7-15-11-5-3-4-6-12(11)16-13(15)10(8-14)9-17/h2-6,17H,1,7,9H2/b13-10+. The van der Waals surface area contributed by atoms with E-state index in [2.05, 4.69) is 25.3 Å². The summed E-state index contributed by atoms with van der Waals surface area (Å²) in [5.41, 5.74) is 1.48. The molecule has 0 amide bonds. The molecule has 0 unspecified atom stereocenters. The van der Waals surface area contributed by atoms with Crippen molar-refractivity contribution >= 4 is 18.3 Å².